The molecule has 0 saturated carbocycles. The molecule has 0 aliphatic carbocycles. The van der Waals surface area contributed by atoms with Crippen LogP contribution in [0.15, 0.2) is 30.3 Å². The fraction of sp³-hybridized carbons (Fsp3) is 0.625. The van der Waals surface area contributed by atoms with Gasteiger partial charge in [-0.1, -0.05) is 43.7 Å². The summed E-state index contributed by atoms with van der Waals surface area (Å²) in [4.78, 5) is 2.63. The molecule has 1 aromatic rings. The van der Waals surface area contributed by atoms with E-state index in [1.807, 2.05) is 0 Å². The van der Waals surface area contributed by atoms with Crippen LogP contribution in [0.2, 0.25) is 0 Å². The maximum absolute atomic E-state index is 2.63. The van der Waals surface area contributed by atoms with Crippen molar-refractivity contribution in [2.24, 2.45) is 0 Å². The van der Waals surface area contributed by atoms with Gasteiger partial charge < -0.3 is 4.48 Å². The van der Waals surface area contributed by atoms with Crippen molar-refractivity contribution in [2.75, 3.05) is 39.8 Å². The Bertz CT molecular complexity index is 339. The third-order valence-electron chi connectivity index (χ3n) is 4.15. The van der Waals surface area contributed by atoms with E-state index >= 15 is 0 Å². The molecule has 0 N–H and O–H groups in total. The van der Waals surface area contributed by atoms with E-state index in [-0.39, 0.29) is 0 Å². The molecular formula is C16H27N2+. The molecule has 1 aromatic carbocycles. The van der Waals surface area contributed by atoms with Crippen molar-refractivity contribution in [2.45, 2.75) is 26.3 Å². The van der Waals surface area contributed by atoms with E-state index in [4.69, 9.17) is 0 Å². The van der Waals surface area contributed by atoms with Crippen LogP contribution in [0.3, 0.4) is 0 Å². The van der Waals surface area contributed by atoms with Crippen LogP contribution in [0.1, 0.15) is 25.3 Å². The molecule has 2 nitrogen and oxygen atoms in total. The minimum atomic E-state index is 1.18. The highest BCUT2D eigenvalue weighted by atomic mass is 15.4. The Morgan fingerprint density at radius 2 is 1.78 bits per heavy atom. The van der Waals surface area contributed by atoms with Crippen LogP contribution in [0.5, 0.6) is 0 Å². The van der Waals surface area contributed by atoms with E-state index < -0.39 is 0 Å². The number of hydrogen-bond donors (Lipinski definition) is 0. The van der Waals surface area contributed by atoms with Gasteiger partial charge in [-0.3, -0.25) is 4.90 Å². The molecule has 0 radical (unpaired) electrons. The van der Waals surface area contributed by atoms with Gasteiger partial charge in [0.1, 0.15) is 6.54 Å². The highest BCUT2D eigenvalue weighted by Crippen LogP contribution is 2.16. The maximum Gasteiger partial charge on any atom is 0.104 e. The quantitative estimate of drug-likeness (QED) is 0.723. The van der Waals surface area contributed by atoms with Crippen LogP contribution in [0.4, 0.5) is 0 Å². The van der Waals surface area contributed by atoms with Crippen LogP contribution in [0.25, 0.3) is 0 Å². The highest BCUT2D eigenvalue weighted by Gasteiger charge is 2.28. The summed E-state index contributed by atoms with van der Waals surface area (Å²) in [5, 5.41) is 0. The normalized spacial score (nSPS) is 19.9. The third kappa shape index (κ3) is 3.82. The smallest absolute Gasteiger partial charge is 0.104 e. The molecule has 1 aliphatic heterocycles. The zero-order valence-corrected chi connectivity index (χ0v) is 11.9. The van der Waals surface area contributed by atoms with Gasteiger partial charge in [0.25, 0.3) is 0 Å². The third-order valence-corrected chi connectivity index (χ3v) is 4.15. The SMILES string of the molecule is CCCCN1CC[N+](C)(Cc2ccccc2)CC1. The Morgan fingerprint density at radius 1 is 1.11 bits per heavy atom. The molecule has 0 spiro atoms. The number of likely N-dealkylation sites (N-methyl/N-ethyl adjacent to an activating group) is 1. The number of piperazine rings is 1. The summed E-state index contributed by atoms with van der Waals surface area (Å²) >= 11 is 0. The Balaban J connectivity index is 1.83. The molecule has 0 amide bonds. The van der Waals surface area contributed by atoms with Crippen molar-refractivity contribution in [3.63, 3.8) is 0 Å². The maximum atomic E-state index is 2.63. The summed E-state index contributed by atoms with van der Waals surface area (Å²) in [6.45, 7) is 9.87. The van der Waals surface area contributed by atoms with Crippen LogP contribution in [-0.2, 0) is 6.54 Å². The summed E-state index contributed by atoms with van der Waals surface area (Å²) < 4.78 is 1.20. The van der Waals surface area contributed by atoms with Crippen molar-refractivity contribution in [1.82, 2.24) is 4.90 Å². The molecule has 0 atom stereocenters. The largest absolute Gasteiger partial charge is 0.320 e. The van der Waals surface area contributed by atoms with Gasteiger partial charge in [-0.2, -0.15) is 0 Å². The van der Waals surface area contributed by atoms with Crippen LogP contribution in [0, 0.1) is 0 Å². The molecule has 0 unspecified atom stereocenters. The summed E-state index contributed by atoms with van der Waals surface area (Å²) in [6, 6.07) is 10.9. The number of quaternary nitrogens is 1. The van der Waals surface area contributed by atoms with E-state index in [2.05, 4.69) is 49.2 Å². The minimum absolute atomic E-state index is 1.18. The second-order valence-electron chi connectivity index (χ2n) is 5.91. The lowest BCUT2D eigenvalue weighted by Gasteiger charge is -2.42. The Morgan fingerprint density at radius 3 is 2.39 bits per heavy atom. The zero-order valence-electron chi connectivity index (χ0n) is 11.9. The Hall–Kier alpha value is -0.860. The molecule has 0 bridgehead atoms. The molecular weight excluding hydrogens is 220 g/mol. The van der Waals surface area contributed by atoms with Crippen LogP contribution >= 0.6 is 0 Å². The van der Waals surface area contributed by atoms with Gasteiger partial charge in [-0.15, -0.1) is 0 Å². The van der Waals surface area contributed by atoms with Gasteiger partial charge in [0.05, 0.1) is 20.1 Å². The zero-order chi connectivity index (χ0) is 12.8. The van der Waals surface area contributed by atoms with E-state index in [0.29, 0.717) is 0 Å². The summed E-state index contributed by atoms with van der Waals surface area (Å²) in [6.07, 6.45) is 2.66. The average molecular weight is 247 g/mol. The first-order chi connectivity index (χ1) is 8.72. The van der Waals surface area contributed by atoms with E-state index in [1.165, 1.54) is 62.2 Å². The first-order valence-electron chi connectivity index (χ1n) is 7.32. The lowest BCUT2D eigenvalue weighted by molar-refractivity contribution is -0.926. The van der Waals surface area contributed by atoms with Crippen molar-refractivity contribution >= 4 is 0 Å². The van der Waals surface area contributed by atoms with Crippen LogP contribution < -0.4 is 0 Å². The lowest BCUT2D eigenvalue weighted by Crippen LogP contribution is -2.56. The Kier molecular flexibility index (Phi) is 4.79. The standard InChI is InChI=1S/C16H27N2/c1-3-4-10-17-11-13-18(2,14-12-17)15-16-8-6-5-7-9-16/h5-9H,3-4,10-15H2,1-2H3/q+1. The average Bonchev–Trinajstić information content (AvgIpc) is 2.39. The highest BCUT2D eigenvalue weighted by molar-refractivity contribution is 5.13. The van der Waals surface area contributed by atoms with Gasteiger partial charge in [0.15, 0.2) is 0 Å². The molecule has 1 fully saturated rings. The molecule has 1 saturated heterocycles. The molecule has 1 aliphatic rings. The summed E-state index contributed by atoms with van der Waals surface area (Å²) in [5.41, 5.74) is 1.47. The Labute approximate surface area is 112 Å². The van der Waals surface area contributed by atoms with Gasteiger partial charge in [0.2, 0.25) is 0 Å². The number of hydrogen-bond acceptors (Lipinski definition) is 1. The summed E-state index contributed by atoms with van der Waals surface area (Å²) in [5.74, 6) is 0. The predicted molar refractivity (Wildman–Crippen MR) is 77.4 cm³/mol. The monoisotopic (exact) mass is 247 g/mol. The van der Waals surface area contributed by atoms with Gasteiger partial charge in [-0.25, -0.2) is 0 Å². The van der Waals surface area contributed by atoms with Crippen molar-refractivity contribution in [1.29, 1.82) is 0 Å². The van der Waals surface area contributed by atoms with Crippen LogP contribution in [-0.4, -0.2) is 49.2 Å². The molecule has 1 heterocycles. The number of rotatable bonds is 5. The molecule has 2 rings (SSSR count). The van der Waals surface area contributed by atoms with E-state index in [0.717, 1.165) is 0 Å². The van der Waals surface area contributed by atoms with Gasteiger partial charge in [0, 0.05) is 18.7 Å². The lowest BCUT2D eigenvalue weighted by atomic mass is 10.1. The fourth-order valence-corrected chi connectivity index (χ4v) is 2.78. The van der Waals surface area contributed by atoms with E-state index in [9.17, 15) is 0 Å². The van der Waals surface area contributed by atoms with Crippen molar-refractivity contribution < 1.29 is 4.48 Å². The molecule has 0 aromatic heterocycles. The molecule has 2 heteroatoms. The minimum Gasteiger partial charge on any atom is -0.320 e. The number of unbranched alkanes of at least 4 members (excludes halogenated alkanes) is 1. The fourth-order valence-electron chi connectivity index (χ4n) is 2.78. The number of benzene rings is 1. The predicted octanol–water partition coefficient (Wildman–Crippen LogP) is 2.75. The molecule has 18 heavy (non-hydrogen) atoms. The second-order valence-corrected chi connectivity index (χ2v) is 5.91. The van der Waals surface area contributed by atoms with Gasteiger partial charge >= 0.3 is 0 Å². The topological polar surface area (TPSA) is 3.24 Å². The first kappa shape index (κ1) is 13.6. The second kappa shape index (κ2) is 6.35. The number of nitrogens with zero attached hydrogens (tertiary/aromatic N) is 2. The van der Waals surface area contributed by atoms with Crippen molar-refractivity contribution in [3.8, 4) is 0 Å². The summed E-state index contributed by atoms with van der Waals surface area (Å²) in [7, 11) is 2.41. The van der Waals surface area contributed by atoms with E-state index in [1.54, 1.807) is 0 Å². The first-order valence-corrected chi connectivity index (χ1v) is 7.32. The molecule has 100 valence electrons. The van der Waals surface area contributed by atoms with Gasteiger partial charge in [-0.05, 0) is 13.0 Å². The van der Waals surface area contributed by atoms with Crippen molar-refractivity contribution in [3.05, 3.63) is 35.9 Å².